The lowest BCUT2D eigenvalue weighted by Crippen LogP contribution is -2.09. The molecule has 0 aliphatic heterocycles. The number of aryl methyl sites for hydroxylation is 2. The second-order valence-electron chi connectivity index (χ2n) is 5.01. The van der Waals surface area contributed by atoms with Crippen molar-refractivity contribution in [2.75, 3.05) is 5.32 Å². The molecule has 2 nitrogen and oxygen atoms in total. The SMILES string of the molecule is Cc1cc(Cl)nc(Cl)c1NC1CCc2cc(F)ccc21. The molecular weight excluding hydrogens is 298 g/mol. The fourth-order valence-electron chi connectivity index (χ4n) is 2.68. The molecule has 0 fully saturated rings. The van der Waals surface area contributed by atoms with Crippen LogP contribution < -0.4 is 5.32 Å². The number of anilines is 1. The van der Waals surface area contributed by atoms with E-state index < -0.39 is 0 Å². The first kappa shape index (κ1) is 13.7. The quantitative estimate of drug-likeness (QED) is 0.795. The standard InChI is InChI=1S/C15H13Cl2FN2/c1-8-6-13(16)20-15(17)14(8)19-12-5-2-9-7-10(18)3-4-11(9)12/h3-4,6-7,12,19H,2,5H2,1H3. The first-order chi connectivity index (χ1) is 9.54. The van der Waals surface area contributed by atoms with Crippen LogP contribution in [-0.4, -0.2) is 4.98 Å². The van der Waals surface area contributed by atoms with Crippen LogP contribution in [0.5, 0.6) is 0 Å². The number of nitrogens with zero attached hydrogens (tertiary/aromatic N) is 1. The molecule has 0 spiro atoms. The molecule has 0 saturated heterocycles. The van der Waals surface area contributed by atoms with Crippen LogP contribution in [0.25, 0.3) is 0 Å². The van der Waals surface area contributed by atoms with Crippen LogP contribution >= 0.6 is 23.2 Å². The summed E-state index contributed by atoms with van der Waals surface area (Å²) in [5.74, 6) is -0.188. The second kappa shape index (κ2) is 5.23. The fourth-order valence-corrected chi connectivity index (χ4v) is 3.27. The van der Waals surface area contributed by atoms with Gasteiger partial charge < -0.3 is 5.32 Å². The van der Waals surface area contributed by atoms with Crippen molar-refractivity contribution < 1.29 is 4.39 Å². The van der Waals surface area contributed by atoms with E-state index in [1.165, 1.54) is 6.07 Å². The van der Waals surface area contributed by atoms with Crippen LogP contribution in [0.4, 0.5) is 10.1 Å². The largest absolute Gasteiger partial charge is 0.376 e. The van der Waals surface area contributed by atoms with Crippen LogP contribution in [0.1, 0.15) is 29.2 Å². The maximum absolute atomic E-state index is 13.2. The summed E-state index contributed by atoms with van der Waals surface area (Å²) >= 11 is 12.0. The second-order valence-corrected chi connectivity index (χ2v) is 5.75. The van der Waals surface area contributed by atoms with Gasteiger partial charge in [-0.1, -0.05) is 29.3 Å². The minimum atomic E-state index is -0.188. The highest BCUT2D eigenvalue weighted by atomic mass is 35.5. The smallest absolute Gasteiger partial charge is 0.154 e. The topological polar surface area (TPSA) is 24.9 Å². The van der Waals surface area contributed by atoms with Gasteiger partial charge in [0.2, 0.25) is 0 Å². The number of benzene rings is 1. The molecule has 0 radical (unpaired) electrons. The van der Waals surface area contributed by atoms with E-state index in [-0.39, 0.29) is 11.9 Å². The van der Waals surface area contributed by atoms with Crippen molar-refractivity contribution in [3.05, 3.63) is 57.1 Å². The van der Waals surface area contributed by atoms with Crippen molar-refractivity contribution >= 4 is 28.9 Å². The van der Waals surface area contributed by atoms with E-state index >= 15 is 0 Å². The molecule has 0 saturated carbocycles. The van der Waals surface area contributed by atoms with Crippen LogP contribution in [0.15, 0.2) is 24.3 Å². The number of nitrogens with one attached hydrogen (secondary N) is 1. The Morgan fingerprint density at radius 2 is 2.10 bits per heavy atom. The van der Waals surface area contributed by atoms with Crippen LogP contribution in [0, 0.1) is 12.7 Å². The molecule has 1 aromatic carbocycles. The molecule has 0 amide bonds. The van der Waals surface area contributed by atoms with Crippen LogP contribution in [0.2, 0.25) is 10.3 Å². The summed E-state index contributed by atoms with van der Waals surface area (Å²) in [7, 11) is 0. The van der Waals surface area contributed by atoms with E-state index in [2.05, 4.69) is 10.3 Å². The third-order valence-electron chi connectivity index (χ3n) is 3.64. The van der Waals surface area contributed by atoms with E-state index in [0.717, 1.165) is 35.2 Å². The van der Waals surface area contributed by atoms with Crippen molar-refractivity contribution in [2.24, 2.45) is 0 Å². The molecule has 5 heteroatoms. The number of aromatic nitrogens is 1. The first-order valence-corrected chi connectivity index (χ1v) is 7.17. The number of fused-ring (bicyclic) bond motifs is 1. The normalized spacial score (nSPS) is 17.1. The highest BCUT2D eigenvalue weighted by Crippen LogP contribution is 2.37. The van der Waals surface area contributed by atoms with Gasteiger partial charge in [0.25, 0.3) is 0 Å². The Morgan fingerprint density at radius 1 is 1.30 bits per heavy atom. The van der Waals surface area contributed by atoms with Crippen LogP contribution in [-0.2, 0) is 6.42 Å². The first-order valence-electron chi connectivity index (χ1n) is 6.42. The summed E-state index contributed by atoms with van der Waals surface area (Å²) < 4.78 is 13.2. The van der Waals surface area contributed by atoms with Crippen molar-refractivity contribution in [3.8, 4) is 0 Å². The molecular formula is C15H13Cl2FN2. The lowest BCUT2D eigenvalue weighted by Gasteiger charge is -2.18. The van der Waals surface area contributed by atoms with Gasteiger partial charge in [-0.2, -0.15) is 0 Å². The lowest BCUT2D eigenvalue weighted by molar-refractivity contribution is 0.626. The molecule has 2 aromatic rings. The number of halogens is 3. The molecule has 1 aliphatic carbocycles. The Hall–Kier alpha value is -1.32. The van der Waals surface area contributed by atoms with Crippen LogP contribution in [0.3, 0.4) is 0 Å². The van der Waals surface area contributed by atoms with E-state index in [1.807, 2.05) is 13.0 Å². The van der Waals surface area contributed by atoms with Gasteiger partial charge >= 0.3 is 0 Å². The molecule has 1 aliphatic rings. The summed E-state index contributed by atoms with van der Waals surface area (Å²) in [6.45, 7) is 1.93. The number of pyridine rings is 1. The van der Waals surface area contributed by atoms with Crippen molar-refractivity contribution in [1.82, 2.24) is 4.98 Å². The Balaban J connectivity index is 1.91. The molecule has 1 atom stereocenters. The van der Waals surface area contributed by atoms with Crippen molar-refractivity contribution in [1.29, 1.82) is 0 Å². The molecule has 0 bridgehead atoms. The van der Waals surface area contributed by atoms with Gasteiger partial charge in [-0.15, -0.1) is 0 Å². The molecule has 104 valence electrons. The molecule has 1 aromatic heterocycles. The maximum atomic E-state index is 13.2. The summed E-state index contributed by atoms with van der Waals surface area (Å²) in [6, 6.07) is 6.83. The fraction of sp³-hybridized carbons (Fsp3) is 0.267. The predicted octanol–water partition coefficient (Wildman–Crippen LogP) is 4.94. The molecule has 3 rings (SSSR count). The zero-order valence-corrected chi connectivity index (χ0v) is 12.4. The Kier molecular flexibility index (Phi) is 3.57. The Bertz CT molecular complexity index is 650. The zero-order valence-electron chi connectivity index (χ0n) is 10.9. The predicted molar refractivity (Wildman–Crippen MR) is 80.1 cm³/mol. The van der Waals surface area contributed by atoms with Gasteiger partial charge in [-0.3, -0.25) is 0 Å². The highest BCUT2D eigenvalue weighted by molar-refractivity contribution is 6.34. The molecule has 1 N–H and O–H groups in total. The van der Waals surface area contributed by atoms with E-state index in [1.54, 1.807) is 12.1 Å². The average Bonchev–Trinajstić information content (AvgIpc) is 2.76. The van der Waals surface area contributed by atoms with Gasteiger partial charge in [0, 0.05) is 0 Å². The minimum Gasteiger partial charge on any atom is -0.376 e. The van der Waals surface area contributed by atoms with E-state index in [9.17, 15) is 4.39 Å². The monoisotopic (exact) mass is 310 g/mol. The van der Waals surface area contributed by atoms with E-state index in [4.69, 9.17) is 23.2 Å². The number of hydrogen-bond donors (Lipinski definition) is 1. The minimum absolute atomic E-state index is 0.129. The maximum Gasteiger partial charge on any atom is 0.154 e. The molecule has 1 heterocycles. The summed E-state index contributed by atoms with van der Waals surface area (Å²) in [5.41, 5.74) is 3.92. The summed E-state index contributed by atoms with van der Waals surface area (Å²) in [4.78, 5) is 4.05. The van der Waals surface area contributed by atoms with E-state index in [0.29, 0.717) is 10.3 Å². The third-order valence-corrected chi connectivity index (χ3v) is 4.11. The zero-order chi connectivity index (χ0) is 14.3. The van der Waals surface area contributed by atoms with Gasteiger partial charge in [0.05, 0.1) is 11.7 Å². The van der Waals surface area contributed by atoms with Crippen molar-refractivity contribution in [2.45, 2.75) is 25.8 Å². The lowest BCUT2D eigenvalue weighted by atomic mass is 10.1. The van der Waals surface area contributed by atoms with Gasteiger partial charge in [0.15, 0.2) is 5.15 Å². The highest BCUT2D eigenvalue weighted by Gasteiger charge is 2.24. The number of rotatable bonds is 2. The Morgan fingerprint density at radius 3 is 2.85 bits per heavy atom. The van der Waals surface area contributed by atoms with Gasteiger partial charge in [0.1, 0.15) is 11.0 Å². The van der Waals surface area contributed by atoms with Gasteiger partial charge in [-0.25, -0.2) is 9.37 Å². The van der Waals surface area contributed by atoms with Gasteiger partial charge in [-0.05, 0) is 54.7 Å². The van der Waals surface area contributed by atoms with Crippen molar-refractivity contribution in [3.63, 3.8) is 0 Å². The number of hydrogen-bond acceptors (Lipinski definition) is 2. The molecule has 20 heavy (non-hydrogen) atoms. The Labute approximate surface area is 126 Å². The summed E-state index contributed by atoms with van der Waals surface area (Å²) in [6.07, 6.45) is 1.78. The molecule has 1 unspecified atom stereocenters. The summed E-state index contributed by atoms with van der Waals surface area (Å²) in [5, 5.41) is 4.15. The average molecular weight is 311 g/mol. The third kappa shape index (κ3) is 2.48.